The summed E-state index contributed by atoms with van der Waals surface area (Å²) in [6.07, 6.45) is 24.0. The average molecular weight is 1480 g/mol. The van der Waals surface area contributed by atoms with Crippen LogP contribution in [0.15, 0.2) is 17.5 Å². The van der Waals surface area contributed by atoms with Crippen LogP contribution >= 0.6 is 0 Å². The van der Waals surface area contributed by atoms with Gasteiger partial charge < -0.3 is 74.8 Å². The van der Waals surface area contributed by atoms with Crippen molar-refractivity contribution in [2.75, 3.05) is 85.8 Å². The number of hydrogen-bond donors (Lipinski definition) is 0. The standard InChI is InChI=1S/C14H24N3O3.C13H22N3O3.C10H19N3O3.3C3H3.C2H6.3W/c1-3-5-14(18)6-4-8-19-10-11-20-9-7-17-12-13(2)15-16-17;1-3-13(17)5-4-7-18-9-10-19-8-6-16-11-12(2)14-15-16;1-2-10(14)4-3-6-15-8-9-16-7-5-12-13-11;3*1-3-2;1-2;;;/h12H,2-11H2,1H3;11H,2-10H2,1H3;2-9H2,1H3;3*1H,2H2;1-2H3;;;/q2*-1;;3*-1;;;2*+2. The Balaban J connectivity index is -0.000000120. The molecule has 0 N–H and O–H groups in total. The molecule has 0 radical (unpaired) electrons. The predicted molar refractivity (Wildman–Crippen MR) is 260 cm³/mol. The summed E-state index contributed by atoms with van der Waals surface area (Å²) in [6.45, 7) is 34.4. The molecule has 0 aliphatic heterocycles. The number of hydrogen-bond acceptors (Lipinski definition) is 14. The second-order valence-corrected chi connectivity index (χ2v) is 12.6. The molecule has 0 fully saturated rings. The summed E-state index contributed by atoms with van der Waals surface area (Å²) in [7, 11) is 0. The minimum Gasteiger partial charge on any atom is -0.379 e. The van der Waals surface area contributed by atoms with Crippen LogP contribution in [-0.4, -0.2) is 133 Å². The molecule has 0 spiro atoms. The average Bonchev–Trinajstić information content (AvgIpc) is 3.93. The van der Waals surface area contributed by atoms with Gasteiger partial charge >= 0.3 is 42.1 Å². The monoisotopic (exact) mass is 1480 g/mol. The Hall–Kier alpha value is -3.55. The van der Waals surface area contributed by atoms with Gasteiger partial charge in [0.05, 0.1) is 59.5 Å². The van der Waals surface area contributed by atoms with Crippen LogP contribution in [0.25, 0.3) is 10.4 Å². The number of terminal acetylenes is 3. The van der Waals surface area contributed by atoms with Crippen molar-refractivity contribution < 1.29 is 106 Å². The Morgan fingerprint density at radius 1 is 0.594 bits per heavy atom. The third-order valence-corrected chi connectivity index (χ3v) is 7.17. The van der Waals surface area contributed by atoms with E-state index in [9.17, 15) is 14.4 Å². The van der Waals surface area contributed by atoms with Gasteiger partial charge in [-0.2, -0.15) is 31.0 Å². The summed E-state index contributed by atoms with van der Waals surface area (Å²) in [5, 5.41) is 18.6. The molecule has 2 aromatic rings. The van der Waals surface area contributed by atoms with E-state index in [0.717, 1.165) is 25.7 Å². The van der Waals surface area contributed by atoms with Crippen LogP contribution in [0.1, 0.15) is 110 Å². The Kier molecular flexibility index (Phi) is 87.7. The Bertz CT molecular complexity index is 1530. The van der Waals surface area contributed by atoms with Crippen LogP contribution in [0.2, 0.25) is 0 Å². The molecule has 0 aliphatic rings. The van der Waals surface area contributed by atoms with Gasteiger partial charge in [-0.15, -0.1) is 0 Å². The Morgan fingerprint density at radius 2 is 0.899 bits per heavy atom. The van der Waals surface area contributed by atoms with E-state index in [1.807, 2.05) is 52.4 Å². The van der Waals surface area contributed by atoms with Crippen LogP contribution < -0.4 is 0 Å². The molecule has 0 bridgehead atoms. The van der Waals surface area contributed by atoms with Crippen LogP contribution in [0.5, 0.6) is 0 Å². The number of ether oxygens (including phenoxy) is 6. The molecule has 0 aromatic carbocycles. The van der Waals surface area contributed by atoms with Crippen LogP contribution in [0.4, 0.5) is 0 Å². The number of ketones is 3. The van der Waals surface area contributed by atoms with Gasteiger partial charge in [-0.1, -0.05) is 73.9 Å². The zero-order valence-electron chi connectivity index (χ0n) is 42.0. The number of aromatic nitrogens is 6. The van der Waals surface area contributed by atoms with Gasteiger partial charge in [-0.25, -0.2) is 13.8 Å². The van der Waals surface area contributed by atoms with Crippen molar-refractivity contribution in [3.05, 3.63) is 68.8 Å². The maximum atomic E-state index is 11.3. The summed E-state index contributed by atoms with van der Waals surface area (Å²) in [5.41, 5.74) is 9.30. The van der Waals surface area contributed by atoms with Crippen LogP contribution in [-0.2, 0) is 119 Å². The number of rotatable bonds is 34. The van der Waals surface area contributed by atoms with Crippen molar-refractivity contribution >= 4 is 17.3 Å². The first-order valence-electron chi connectivity index (χ1n) is 22.1. The Labute approximate surface area is 459 Å². The molecule has 18 nitrogen and oxygen atoms in total. The third kappa shape index (κ3) is 76.2. The second kappa shape index (κ2) is 73.4. The van der Waals surface area contributed by atoms with E-state index in [0.29, 0.717) is 155 Å². The first-order chi connectivity index (χ1) is 32.0. The summed E-state index contributed by atoms with van der Waals surface area (Å²) in [5.74, 6) is 6.89. The van der Waals surface area contributed by atoms with E-state index in [2.05, 4.69) is 84.5 Å². The van der Waals surface area contributed by atoms with Gasteiger partial charge in [-0.05, 0) is 31.2 Å². The van der Waals surface area contributed by atoms with Gasteiger partial charge in [0.15, 0.2) is 0 Å². The van der Waals surface area contributed by atoms with Gasteiger partial charge in [0.2, 0.25) is 0 Å². The quantitative estimate of drug-likeness (QED) is 0.0167. The summed E-state index contributed by atoms with van der Waals surface area (Å²) in [4.78, 5) is 35.8. The smallest absolute Gasteiger partial charge is 0.379 e. The Morgan fingerprint density at radius 3 is 1.17 bits per heavy atom. The minimum atomic E-state index is 0. The molecule has 0 amide bonds. The number of azide groups is 1. The molecular weight excluding hydrogens is 1400 g/mol. The van der Waals surface area contributed by atoms with Crippen LogP contribution in [0.3, 0.4) is 0 Å². The molecule has 0 aliphatic carbocycles. The molecule has 0 saturated carbocycles. The first kappa shape index (κ1) is 82.4. The van der Waals surface area contributed by atoms with Crippen LogP contribution in [0, 0.1) is 71.7 Å². The van der Waals surface area contributed by atoms with Gasteiger partial charge in [0.1, 0.15) is 17.3 Å². The van der Waals surface area contributed by atoms with E-state index in [4.69, 9.17) is 34.0 Å². The summed E-state index contributed by atoms with van der Waals surface area (Å²) in [6, 6.07) is 0. The second-order valence-electron chi connectivity index (χ2n) is 12.6. The fourth-order valence-electron chi connectivity index (χ4n) is 4.20. The zero-order chi connectivity index (χ0) is 50.7. The van der Waals surface area contributed by atoms with Crippen molar-refractivity contribution in [1.29, 1.82) is 0 Å². The molecule has 0 atom stereocenters. The van der Waals surface area contributed by atoms with E-state index in [1.165, 1.54) is 0 Å². The van der Waals surface area contributed by atoms with E-state index >= 15 is 0 Å². The normalized spacial score (nSPS) is 8.78. The fourth-order valence-corrected chi connectivity index (χ4v) is 4.20. The largest absolute Gasteiger partial charge is 2.00 e. The van der Waals surface area contributed by atoms with Crippen molar-refractivity contribution in [3.63, 3.8) is 0 Å². The van der Waals surface area contributed by atoms with E-state index in [-0.39, 0.29) is 74.8 Å². The molecule has 21 heteroatoms. The van der Waals surface area contributed by atoms with E-state index in [1.54, 1.807) is 21.8 Å². The molecule has 69 heavy (non-hydrogen) atoms. The summed E-state index contributed by atoms with van der Waals surface area (Å²) < 4.78 is 35.3. The minimum absolute atomic E-state index is 0. The third-order valence-electron chi connectivity index (χ3n) is 7.17. The maximum Gasteiger partial charge on any atom is 2.00 e. The number of carbonyl (C=O) groups excluding carboxylic acids is 3. The molecule has 0 saturated heterocycles. The van der Waals surface area contributed by atoms with Crippen molar-refractivity contribution in [2.45, 2.75) is 112 Å². The molecule has 0 unspecified atom stereocenters. The molecule has 2 rings (SSSR count). The van der Waals surface area contributed by atoms with Gasteiger partial charge in [0.25, 0.3) is 0 Å². The number of Topliss-reactive ketones (excluding diaryl/α,β-unsaturated/α-hetero) is 3. The van der Waals surface area contributed by atoms with E-state index < -0.39 is 0 Å². The first-order valence-corrected chi connectivity index (χ1v) is 22.1. The molecule has 2 aromatic heterocycles. The van der Waals surface area contributed by atoms with Gasteiger partial charge in [0, 0.05) is 104 Å². The summed E-state index contributed by atoms with van der Waals surface area (Å²) >= 11 is 0. The molecule has 2 heterocycles. The topological polar surface area (TPSA) is 217 Å². The van der Waals surface area contributed by atoms with Crippen molar-refractivity contribution in [3.8, 4) is 37.0 Å². The molecule has 390 valence electrons. The molecular formula is C48H80N9O9W3-. The zero-order valence-corrected chi connectivity index (χ0v) is 50.8. The van der Waals surface area contributed by atoms with Crippen molar-refractivity contribution in [2.24, 2.45) is 5.11 Å². The number of nitrogens with zero attached hydrogens (tertiary/aromatic N) is 9. The fraction of sp³-hybridized carbons (Fsp3) is 0.625. The predicted octanol–water partition coefficient (Wildman–Crippen LogP) is 7.36. The van der Waals surface area contributed by atoms with Crippen molar-refractivity contribution in [1.82, 2.24) is 30.0 Å². The van der Waals surface area contributed by atoms with Gasteiger partial charge in [-0.3, -0.25) is 14.4 Å². The number of carbonyl (C=O) groups is 3. The SMILES string of the molecule is C#C[CH2-].C#C[CH2-].C#C[CH2-].CC.CCC(=O)CCCOCCOCCN=[N+]=[N-].[CH2-]c1cn(CCOCCOCCCC(=O)CC)nn1.[CH2-]c1cn(CCOCCOCCCC(=O)CCC)nn1.[W+2].[W+2].[W]. The maximum absolute atomic E-state index is 11.3.